The maximum absolute atomic E-state index is 11.4. The number of rotatable bonds is 7. The van der Waals surface area contributed by atoms with E-state index in [2.05, 4.69) is 5.32 Å². The molecule has 0 bridgehead atoms. The van der Waals surface area contributed by atoms with E-state index in [4.69, 9.17) is 11.6 Å². The van der Waals surface area contributed by atoms with Crippen molar-refractivity contribution in [3.05, 3.63) is 34.9 Å². The largest absolute Gasteiger partial charge is 0.480 e. The molecule has 0 saturated heterocycles. The zero-order valence-electron chi connectivity index (χ0n) is 10.9. The lowest BCUT2D eigenvalue weighted by Gasteiger charge is -2.26. The van der Waals surface area contributed by atoms with Crippen molar-refractivity contribution in [1.82, 2.24) is 5.32 Å². The molecule has 2 rings (SSSR count). The summed E-state index contributed by atoms with van der Waals surface area (Å²) in [6.07, 6.45) is 2.18. The lowest BCUT2D eigenvalue weighted by molar-refractivity contribution is -0.143. The molecule has 0 amide bonds. The fourth-order valence-electron chi connectivity index (χ4n) is 1.80. The number of halogens is 1. The second kappa shape index (κ2) is 6.16. The summed E-state index contributed by atoms with van der Waals surface area (Å²) in [5.74, 6) is 0.580. The molecule has 19 heavy (non-hydrogen) atoms. The van der Waals surface area contributed by atoms with Gasteiger partial charge in [-0.2, -0.15) is 11.8 Å². The Kier molecular flexibility index (Phi) is 4.76. The van der Waals surface area contributed by atoms with Crippen molar-refractivity contribution >= 4 is 29.3 Å². The first-order chi connectivity index (χ1) is 8.99. The number of nitrogens with one attached hydrogen (secondary N) is 1. The SMILES string of the molecule is CC(CSCc1ccc(Cl)cc1)(NC1CC1)C(=O)O. The number of carboxylic acid groups (broad SMARTS) is 1. The average Bonchev–Trinajstić information content (AvgIpc) is 3.15. The Morgan fingerprint density at radius 2 is 2.11 bits per heavy atom. The third-order valence-corrected chi connectivity index (χ3v) is 4.72. The maximum Gasteiger partial charge on any atom is 0.324 e. The fraction of sp³-hybridized carbons (Fsp3) is 0.500. The van der Waals surface area contributed by atoms with Crippen LogP contribution in [-0.4, -0.2) is 28.4 Å². The fourth-order valence-corrected chi connectivity index (χ4v) is 3.07. The van der Waals surface area contributed by atoms with Gasteiger partial charge in [0.25, 0.3) is 0 Å². The van der Waals surface area contributed by atoms with Gasteiger partial charge >= 0.3 is 5.97 Å². The van der Waals surface area contributed by atoms with Gasteiger partial charge < -0.3 is 5.11 Å². The Balaban J connectivity index is 1.84. The molecule has 0 radical (unpaired) electrons. The van der Waals surface area contributed by atoms with Crippen LogP contribution in [0.25, 0.3) is 0 Å². The van der Waals surface area contributed by atoms with Crippen molar-refractivity contribution in [3.63, 3.8) is 0 Å². The van der Waals surface area contributed by atoms with Crippen molar-refractivity contribution in [3.8, 4) is 0 Å². The van der Waals surface area contributed by atoms with E-state index in [1.54, 1.807) is 18.7 Å². The molecule has 3 nitrogen and oxygen atoms in total. The summed E-state index contributed by atoms with van der Waals surface area (Å²) in [6, 6.07) is 8.05. The van der Waals surface area contributed by atoms with Crippen LogP contribution < -0.4 is 5.32 Å². The highest BCUT2D eigenvalue weighted by atomic mass is 35.5. The Bertz CT molecular complexity index is 447. The van der Waals surface area contributed by atoms with E-state index in [0.717, 1.165) is 29.2 Å². The van der Waals surface area contributed by atoms with Crippen LogP contribution in [0.5, 0.6) is 0 Å². The predicted molar refractivity (Wildman–Crippen MR) is 79.8 cm³/mol. The molecule has 1 aromatic rings. The van der Waals surface area contributed by atoms with Crippen LogP contribution in [0.15, 0.2) is 24.3 Å². The predicted octanol–water partition coefficient (Wildman–Crippen LogP) is 3.17. The summed E-state index contributed by atoms with van der Waals surface area (Å²) < 4.78 is 0. The summed E-state index contributed by atoms with van der Waals surface area (Å²) in [5, 5.41) is 13.3. The molecule has 1 aliphatic rings. The van der Waals surface area contributed by atoms with Gasteiger partial charge in [-0.25, -0.2) is 0 Å². The van der Waals surface area contributed by atoms with Crippen LogP contribution in [0, 0.1) is 0 Å². The number of benzene rings is 1. The zero-order chi connectivity index (χ0) is 13.9. The van der Waals surface area contributed by atoms with Gasteiger partial charge in [0.1, 0.15) is 5.54 Å². The number of thioether (sulfide) groups is 1. The molecule has 0 spiro atoms. The summed E-state index contributed by atoms with van der Waals surface area (Å²) in [7, 11) is 0. The van der Waals surface area contributed by atoms with Gasteiger partial charge in [-0.1, -0.05) is 23.7 Å². The molecule has 0 aromatic heterocycles. The van der Waals surface area contributed by atoms with Crippen LogP contribution >= 0.6 is 23.4 Å². The lowest BCUT2D eigenvalue weighted by atomic mass is 10.1. The summed E-state index contributed by atoms with van der Waals surface area (Å²) in [6.45, 7) is 1.77. The van der Waals surface area contributed by atoms with Gasteiger partial charge in [-0.3, -0.25) is 10.1 Å². The van der Waals surface area contributed by atoms with E-state index in [1.807, 2.05) is 24.3 Å². The summed E-state index contributed by atoms with van der Waals surface area (Å²) in [4.78, 5) is 11.4. The van der Waals surface area contributed by atoms with Crippen LogP contribution in [0.2, 0.25) is 5.02 Å². The normalized spacial score (nSPS) is 18.0. The van der Waals surface area contributed by atoms with Crippen LogP contribution in [0.1, 0.15) is 25.3 Å². The van der Waals surface area contributed by atoms with Gasteiger partial charge in [0.05, 0.1) is 0 Å². The highest BCUT2D eigenvalue weighted by molar-refractivity contribution is 7.98. The van der Waals surface area contributed by atoms with Crippen molar-refractivity contribution in [1.29, 1.82) is 0 Å². The number of aliphatic carboxylic acids is 1. The molecule has 1 atom stereocenters. The minimum absolute atomic E-state index is 0.386. The molecule has 1 aromatic carbocycles. The minimum atomic E-state index is -0.835. The minimum Gasteiger partial charge on any atom is -0.480 e. The number of hydrogen-bond acceptors (Lipinski definition) is 3. The Labute approximate surface area is 122 Å². The van der Waals surface area contributed by atoms with E-state index in [1.165, 1.54) is 0 Å². The van der Waals surface area contributed by atoms with Gasteiger partial charge in [0.15, 0.2) is 0 Å². The number of carbonyl (C=O) groups is 1. The molecule has 104 valence electrons. The Hall–Kier alpha value is -0.710. The quantitative estimate of drug-likeness (QED) is 0.812. The number of hydrogen-bond donors (Lipinski definition) is 2. The van der Waals surface area contributed by atoms with E-state index in [0.29, 0.717) is 11.8 Å². The van der Waals surface area contributed by atoms with Crippen molar-refractivity contribution < 1.29 is 9.90 Å². The second-order valence-electron chi connectivity index (χ2n) is 5.18. The molecule has 1 unspecified atom stereocenters. The van der Waals surface area contributed by atoms with Crippen LogP contribution in [0.4, 0.5) is 0 Å². The van der Waals surface area contributed by atoms with E-state index < -0.39 is 11.5 Å². The van der Waals surface area contributed by atoms with E-state index >= 15 is 0 Å². The highest BCUT2D eigenvalue weighted by Crippen LogP contribution is 2.26. The topological polar surface area (TPSA) is 49.3 Å². The maximum atomic E-state index is 11.4. The first kappa shape index (κ1) is 14.7. The monoisotopic (exact) mass is 299 g/mol. The molecule has 1 fully saturated rings. The standard InChI is InChI=1S/C14H18ClNO2S/c1-14(13(17)18,16-12-6-7-12)9-19-8-10-2-4-11(15)5-3-10/h2-5,12,16H,6-9H2,1H3,(H,17,18). The van der Waals surface area contributed by atoms with Gasteiger partial charge in [0, 0.05) is 22.6 Å². The second-order valence-corrected chi connectivity index (χ2v) is 6.60. The van der Waals surface area contributed by atoms with Crippen molar-refractivity contribution in [2.75, 3.05) is 5.75 Å². The molecule has 1 aliphatic carbocycles. The first-order valence-corrected chi connectivity index (χ1v) is 7.86. The van der Waals surface area contributed by atoms with E-state index in [9.17, 15) is 9.90 Å². The highest BCUT2D eigenvalue weighted by Gasteiger charge is 2.38. The number of carboxylic acids is 1. The van der Waals surface area contributed by atoms with Crippen molar-refractivity contribution in [2.45, 2.75) is 37.1 Å². The van der Waals surface area contributed by atoms with Crippen molar-refractivity contribution in [2.24, 2.45) is 0 Å². The van der Waals surface area contributed by atoms with Gasteiger partial charge in [-0.05, 0) is 37.5 Å². The van der Waals surface area contributed by atoms with Crippen LogP contribution in [0.3, 0.4) is 0 Å². The molecule has 1 saturated carbocycles. The van der Waals surface area contributed by atoms with Gasteiger partial charge in [0.2, 0.25) is 0 Å². The summed E-state index contributed by atoms with van der Waals surface area (Å²) >= 11 is 7.46. The summed E-state index contributed by atoms with van der Waals surface area (Å²) in [5.41, 5.74) is 0.326. The smallest absolute Gasteiger partial charge is 0.324 e. The Morgan fingerprint density at radius 3 is 2.63 bits per heavy atom. The molecular formula is C14H18ClNO2S. The lowest BCUT2D eigenvalue weighted by Crippen LogP contribution is -2.52. The van der Waals surface area contributed by atoms with E-state index in [-0.39, 0.29) is 0 Å². The molecule has 0 aliphatic heterocycles. The first-order valence-electron chi connectivity index (χ1n) is 6.33. The molecule has 0 heterocycles. The third kappa shape index (κ3) is 4.41. The Morgan fingerprint density at radius 1 is 1.47 bits per heavy atom. The third-order valence-electron chi connectivity index (χ3n) is 3.14. The average molecular weight is 300 g/mol. The van der Waals surface area contributed by atoms with Gasteiger partial charge in [-0.15, -0.1) is 0 Å². The molecule has 2 N–H and O–H groups in total. The molecule has 5 heteroatoms. The molecular weight excluding hydrogens is 282 g/mol. The van der Waals surface area contributed by atoms with Crippen LogP contribution in [-0.2, 0) is 10.5 Å². The zero-order valence-corrected chi connectivity index (χ0v) is 12.4.